The van der Waals surface area contributed by atoms with E-state index in [0.29, 0.717) is 12.2 Å². The lowest BCUT2D eigenvalue weighted by Gasteiger charge is -2.08. The largest absolute Gasteiger partial charge is 0.497 e. The molecule has 3 aromatic rings. The molecule has 1 aromatic carbocycles. The molecule has 110 valence electrons. The van der Waals surface area contributed by atoms with E-state index >= 15 is 0 Å². The summed E-state index contributed by atoms with van der Waals surface area (Å²) in [5.74, 6) is 0.621. The Morgan fingerprint density at radius 2 is 2.09 bits per heavy atom. The lowest BCUT2D eigenvalue weighted by atomic mass is 10.1. The van der Waals surface area contributed by atoms with E-state index in [4.69, 9.17) is 4.74 Å². The maximum atomic E-state index is 12.2. The number of nitrogens with one attached hydrogen (secondary N) is 1. The first kappa shape index (κ1) is 13.1. The highest BCUT2D eigenvalue weighted by molar-refractivity contribution is 7.17. The minimum atomic E-state index is -0.174. The van der Waals surface area contributed by atoms with E-state index in [1.165, 1.54) is 0 Å². The Morgan fingerprint density at radius 1 is 1.27 bits per heavy atom. The predicted molar refractivity (Wildman–Crippen MR) is 86.8 cm³/mol. The van der Waals surface area contributed by atoms with Gasteiger partial charge in [0, 0.05) is 0 Å². The molecular weight excluding hydrogens is 298 g/mol. The van der Waals surface area contributed by atoms with Crippen LogP contribution in [0.1, 0.15) is 16.1 Å². The van der Waals surface area contributed by atoms with Crippen molar-refractivity contribution >= 4 is 33.2 Å². The predicted octanol–water partition coefficient (Wildman–Crippen LogP) is 2.86. The molecule has 22 heavy (non-hydrogen) atoms. The fraction of sp³-hybridized carbons (Fsp3) is 0.125. The Morgan fingerprint density at radius 3 is 2.86 bits per heavy atom. The number of ether oxygens (including phenoxy) is 1. The monoisotopic (exact) mass is 311 g/mol. The molecule has 4 rings (SSSR count). The van der Waals surface area contributed by atoms with Gasteiger partial charge in [0.1, 0.15) is 11.4 Å². The molecule has 0 aliphatic carbocycles. The van der Waals surface area contributed by atoms with Crippen molar-refractivity contribution in [1.82, 2.24) is 9.99 Å². The molecule has 0 atom stereocenters. The first-order chi connectivity index (χ1) is 10.8. The van der Waals surface area contributed by atoms with Crippen LogP contribution in [0, 0.1) is 0 Å². The summed E-state index contributed by atoms with van der Waals surface area (Å²) in [7, 11) is 1.64. The van der Waals surface area contributed by atoms with Gasteiger partial charge < -0.3 is 9.30 Å². The van der Waals surface area contributed by atoms with Crippen LogP contribution in [-0.4, -0.2) is 23.3 Å². The van der Waals surface area contributed by atoms with E-state index in [-0.39, 0.29) is 5.91 Å². The summed E-state index contributed by atoms with van der Waals surface area (Å²) >= 11 is 1.63. The fourth-order valence-electron chi connectivity index (χ4n) is 2.64. The summed E-state index contributed by atoms with van der Waals surface area (Å²) in [6.45, 7) is 0.556. The van der Waals surface area contributed by atoms with Gasteiger partial charge in [-0.2, -0.15) is 5.10 Å². The highest BCUT2D eigenvalue weighted by atomic mass is 32.1. The van der Waals surface area contributed by atoms with Crippen LogP contribution in [0.3, 0.4) is 0 Å². The van der Waals surface area contributed by atoms with Crippen LogP contribution in [-0.2, 0) is 6.54 Å². The first-order valence-electron chi connectivity index (χ1n) is 6.84. The molecule has 6 heteroatoms. The quantitative estimate of drug-likeness (QED) is 0.791. The number of thiophene rings is 1. The van der Waals surface area contributed by atoms with Gasteiger partial charge in [0.25, 0.3) is 5.91 Å². The third kappa shape index (κ3) is 2.00. The number of fused-ring (bicyclic) bond motifs is 3. The summed E-state index contributed by atoms with van der Waals surface area (Å²) in [5, 5.41) is 6.30. The summed E-state index contributed by atoms with van der Waals surface area (Å²) in [5.41, 5.74) is 6.13. The molecule has 0 saturated carbocycles. The number of benzene rings is 1. The fourth-order valence-corrected chi connectivity index (χ4v) is 3.46. The second-order valence-corrected chi connectivity index (χ2v) is 5.96. The number of rotatable bonds is 2. The summed E-state index contributed by atoms with van der Waals surface area (Å²) in [6, 6.07) is 11.6. The molecule has 1 N–H and O–H groups in total. The van der Waals surface area contributed by atoms with Crippen molar-refractivity contribution in [2.45, 2.75) is 6.54 Å². The Labute approximate surface area is 130 Å². The minimum Gasteiger partial charge on any atom is -0.497 e. The van der Waals surface area contributed by atoms with Crippen molar-refractivity contribution in [3.63, 3.8) is 0 Å². The Balaban J connectivity index is 1.79. The molecule has 1 aliphatic rings. The van der Waals surface area contributed by atoms with Gasteiger partial charge in [-0.05, 0) is 47.3 Å². The molecule has 1 aliphatic heterocycles. The van der Waals surface area contributed by atoms with Crippen LogP contribution in [0.4, 0.5) is 0 Å². The number of carbonyl (C=O) groups excluding carboxylic acids is 1. The third-order valence-corrected chi connectivity index (χ3v) is 4.63. The second-order valence-electron chi connectivity index (χ2n) is 5.01. The smallest absolute Gasteiger partial charge is 0.288 e. The lowest BCUT2D eigenvalue weighted by molar-refractivity contribution is 0.0949. The van der Waals surface area contributed by atoms with Crippen molar-refractivity contribution in [1.29, 1.82) is 0 Å². The first-order valence-corrected chi connectivity index (χ1v) is 7.72. The second kappa shape index (κ2) is 4.99. The van der Waals surface area contributed by atoms with Gasteiger partial charge in [0.15, 0.2) is 0 Å². The molecule has 0 spiro atoms. The average Bonchev–Trinajstić information content (AvgIpc) is 3.09. The minimum absolute atomic E-state index is 0.174. The van der Waals surface area contributed by atoms with Crippen molar-refractivity contribution in [3.05, 3.63) is 53.0 Å². The van der Waals surface area contributed by atoms with E-state index < -0.39 is 0 Å². The van der Waals surface area contributed by atoms with Crippen LogP contribution < -0.4 is 10.2 Å². The van der Waals surface area contributed by atoms with E-state index in [1.807, 2.05) is 46.3 Å². The van der Waals surface area contributed by atoms with Gasteiger partial charge in [-0.3, -0.25) is 4.79 Å². The molecular formula is C16H13N3O2S. The van der Waals surface area contributed by atoms with Crippen LogP contribution >= 0.6 is 11.3 Å². The Hall–Kier alpha value is -2.60. The number of nitrogens with zero attached hydrogens (tertiary/aromatic N) is 2. The molecule has 0 fully saturated rings. The molecule has 0 radical (unpaired) electrons. The number of hydrazone groups is 1. The normalized spacial score (nSPS) is 14.2. The average molecular weight is 311 g/mol. The summed E-state index contributed by atoms with van der Waals surface area (Å²) < 4.78 is 8.30. The van der Waals surface area contributed by atoms with Crippen LogP contribution in [0.2, 0.25) is 0 Å². The molecule has 1 amide bonds. The van der Waals surface area contributed by atoms with Crippen molar-refractivity contribution in [3.8, 4) is 5.75 Å². The zero-order chi connectivity index (χ0) is 15.1. The van der Waals surface area contributed by atoms with Gasteiger partial charge in [-0.1, -0.05) is 0 Å². The van der Waals surface area contributed by atoms with E-state index in [0.717, 1.165) is 27.2 Å². The highest BCUT2D eigenvalue weighted by Crippen LogP contribution is 2.27. The summed E-state index contributed by atoms with van der Waals surface area (Å²) in [4.78, 5) is 12.2. The Kier molecular flexibility index (Phi) is 2.97. The van der Waals surface area contributed by atoms with E-state index in [1.54, 1.807) is 18.4 Å². The van der Waals surface area contributed by atoms with Crippen molar-refractivity contribution in [2.24, 2.45) is 5.10 Å². The Bertz CT molecular complexity index is 890. The molecule has 3 heterocycles. The van der Waals surface area contributed by atoms with E-state index in [2.05, 4.69) is 10.5 Å². The zero-order valence-electron chi connectivity index (χ0n) is 11.9. The van der Waals surface area contributed by atoms with Gasteiger partial charge in [-0.25, -0.2) is 5.43 Å². The topological polar surface area (TPSA) is 55.6 Å². The standard InChI is InChI=1S/C16H13N3O2S/c1-21-11-4-2-10(3-5-11)12-9-19-13-6-7-22-15(13)8-14(19)16(20)18-17-12/h2-8H,9H2,1H3,(H,18,20). The summed E-state index contributed by atoms with van der Waals surface area (Å²) in [6.07, 6.45) is 0. The number of carbonyl (C=O) groups is 1. The molecule has 0 saturated heterocycles. The SMILES string of the molecule is COc1ccc(C2=NNC(=O)c3cc4sccc4n3C2)cc1. The van der Waals surface area contributed by atoms with Crippen LogP contribution in [0.5, 0.6) is 5.75 Å². The maximum Gasteiger partial charge on any atom is 0.288 e. The van der Waals surface area contributed by atoms with E-state index in [9.17, 15) is 4.79 Å². The number of hydrogen-bond donors (Lipinski definition) is 1. The van der Waals surface area contributed by atoms with Crippen LogP contribution in [0.25, 0.3) is 10.2 Å². The molecule has 5 nitrogen and oxygen atoms in total. The number of aromatic nitrogens is 1. The maximum absolute atomic E-state index is 12.2. The van der Waals surface area contributed by atoms with Gasteiger partial charge in [0.05, 0.1) is 29.6 Å². The lowest BCUT2D eigenvalue weighted by Crippen LogP contribution is -2.17. The molecule has 2 aromatic heterocycles. The van der Waals surface area contributed by atoms with Gasteiger partial charge in [0.2, 0.25) is 0 Å². The van der Waals surface area contributed by atoms with Gasteiger partial charge in [-0.15, -0.1) is 11.3 Å². The number of hydrogen-bond acceptors (Lipinski definition) is 4. The van der Waals surface area contributed by atoms with Crippen molar-refractivity contribution < 1.29 is 9.53 Å². The van der Waals surface area contributed by atoms with Gasteiger partial charge >= 0.3 is 0 Å². The zero-order valence-corrected chi connectivity index (χ0v) is 12.7. The number of methoxy groups -OCH3 is 1. The van der Waals surface area contributed by atoms with Crippen molar-refractivity contribution in [2.75, 3.05) is 7.11 Å². The highest BCUT2D eigenvalue weighted by Gasteiger charge is 2.21. The molecule has 0 bridgehead atoms. The number of amides is 1. The third-order valence-electron chi connectivity index (χ3n) is 3.78. The van der Waals surface area contributed by atoms with Crippen LogP contribution in [0.15, 0.2) is 46.9 Å². The molecule has 0 unspecified atom stereocenters.